The number of amides is 1. The van der Waals surface area contributed by atoms with Gasteiger partial charge in [0.1, 0.15) is 11.5 Å². The van der Waals surface area contributed by atoms with Crippen molar-refractivity contribution in [3.63, 3.8) is 0 Å². The molecule has 1 heterocycles. The Kier molecular flexibility index (Phi) is 3.38. The van der Waals surface area contributed by atoms with Crippen molar-refractivity contribution in [3.05, 3.63) is 28.0 Å². The van der Waals surface area contributed by atoms with E-state index in [1.165, 1.54) is 18.3 Å². The van der Waals surface area contributed by atoms with Crippen LogP contribution in [0.1, 0.15) is 5.76 Å². The number of primary amides is 1. The first-order valence-electron chi connectivity index (χ1n) is 3.88. The van der Waals surface area contributed by atoms with E-state index >= 15 is 0 Å². The van der Waals surface area contributed by atoms with E-state index in [9.17, 15) is 14.9 Å². The van der Waals surface area contributed by atoms with E-state index in [4.69, 9.17) is 10.2 Å². The van der Waals surface area contributed by atoms with Crippen molar-refractivity contribution in [1.82, 2.24) is 5.43 Å². The molecule has 0 radical (unpaired) electrons. The smallest absolute Gasteiger partial charge is 0.400 e. The number of hydrogen-bond acceptors (Lipinski definition) is 6. The van der Waals surface area contributed by atoms with E-state index in [1.807, 2.05) is 0 Å². The van der Waals surface area contributed by atoms with Gasteiger partial charge in [-0.3, -0.25) is 14.9 Å². The predicted octanol–water partition coefficient (Wildman–Crippen LogP) is -0.403. The van der Waals surface area contributed by atoms with Crippen LogP contribution >= 0.6 is 0 Å². The summed E-state index contributed by atoms with van der Waals surface area (Å²) >= 11 is 0. The van der Waals surface area contributed by atoms with Crippen LogP contribution in [-0.4, -0.2) is 23.6 Å². The van der Waals surface area contributed by atoms with Crippen LogP contribution in [0.5, 0.6) is 0 Å². The van der Waals surface area contributed by atoms with Gasteiger partial charge in [0.2, 0.25) is 5.91 Å². The summed E-state index contributed by atoms with van der Waals surface area (Å²) in [6, 6.07) is 2.59. The first-order chi connectivity index (χ1) is 7.09. The van der Waals surface area contributed by atoms with E-state index in [2.05, 4.69) is 10.5 Å². The van der Waals surface area contributed by atoms with Crippen LogP contribution < -0.4 is 11.2 Å². The Hall–Kier alpha value is -2.38. The summed E-state index contributed by atoms with van der Waals surface area (Å²) in [5.74, 6) is -0.720. The fourth-order valence-corrected chi connectivity index (χ4v) is 0.743. The average molecular weight is 212 g/mol. The van der Waals surface area contributed by atoms with Gasteiger partial charge >= 0.3 is 5.88 Å². The Morgan fingerprint density at radius 2 is 2.47 bits per heavy atom. The monoisotopic (exact) mass is 212 g/mol. The van der Waals surface area contributed by atoms with Crippen molar-refractivity contribution in [2.45, 2.75) is 0 Å². The van der Waals surface area contributed by atoms with Crippen LogP contribution in [0.15, 0.2) is 21.7 Å². The zero-order valence-corrected chi connectivity index (χ0v) is 7.54. The molecule has 1 aromatic rings. The lowest BCUT2D eigenvalue weighted by Crippen LogP contribution is -2.25. The molecule has 3 N–H and O–H groups in total. The second-order valence-electron chi connectivity index (χ2n) is 2.49. The van der Waals surface area contributed by atoms with Gasteiger partial charge in [-0.25, -0.2) is 0 Å². The maximum atomic E-state index is 10.3. The first-order valence-corrected chi connectivity index (χ1v) is 3.88. The van der Waals surface area contributed by atoms with Crippen LogP contribution in [0.25, 0.3) is 0 Å². The molecular weight excluding hydrogens is 204 g/mol. The van der Waals surface area contributed by atoms with Crippen molar-refractivity contribution in [3.8, 4) is 0 Å². The highest BCUT2D eigenvalue weighted by Gasteiger charge is 2.09. The zero-order valence-electron chi connectivity index (χ0n) is 7.54. The van der Waals surface area contributed by atoms with Gasteiger partial charge in [0, 0.05) is 0 Å². The molecule has 0 aliphatic carbocycles. The summed E-state index contributed by atoms with van der Waals surface area (Å²) in [5, 5.41) is 13.8. The Morgan fingerprint density at radius 1 is 1.73 bits per heavy atom. The third-order valence-corrected chi connectivity index (χ3v) is 1.33. The van der Waals surface area contributed by atoms with Crippen LogP contribution in [0, 0.1) is 10.1 Å². The van der Waals surface area contributed by atoms with E-state index in [0.717, 1.165) is 0 Å². The molecule has 0 saturated carbocycles. The number of furan rings is 1. The second-order valence-corrected chi connectivity index (χ2v) is 2.49. The normalized spacial score (nSPS) is 10.4. The zero-order chi connectivity index (χ0) is 11.3. The third kappa shape index (κ3) is 3.46. The molecule has 0 aliphatic heterocycles. The molecule has 1 aromatic heterocycles. The molecule has 15 heavy (non-hydrogen) atoms. The molecule has 8 nitrogen and oxygen atoms in total. The van der Waals surface area contributed by atoms with E-state index < -0.39 is 10.8 Å². The molecule has 1 amide bonds. The van der Waals surface area contributed by atoms with Crippen LogP contribution in [0.4, 0.5) is 5.88 Å². The summed E-state index contributed by atoms with van der Waals surface area (Å²) in [6.45, 7) is -0.112. The third-order valence-electron chi connectivity index (χ3n) is 1.33. The molecule has 0 atom stereocenters. The highest BCUT2D eigenvalue weighted by Crippen LogP contribution is 2.13. The number of nitrogens with two attached hydrogens (primary N) is 1. The van der Waals surface area contributed by atoms with Crippen LogP contribution in [-0.2, 0) is 4.79 Å². The summed E-state index contributed by atoms with van der Waals surface area (Å²) in [6.07, 6.45) is 1.20. The summed E-state index contributed by atoms with van der Waals surface area (Å²) in [5.41, 5.74) is 7.16. The second kappa shape index (κ2) is 4.74. The van der Waals surface area contributed by atoms with E-state index in [-0.39, 0.29) is 18.2 Å². The van der Waals surface area contributed by atoms with E-state index in [0.29, 0.717) is 0 Å². The number of hydrazone groups is 1. The van der Waals surface area contributed by atoms with Crippen molar-refractivity contribution < 1.29 is 14.1 Å². The van der Waals surface area contributed by atoms with Crippen molar-refractivity contribution in [1.29, 1.82) is 0 Å². The summed E-state index contributed by atoms with van der Waals surface area (Å²) in [4.78, 5) is 19.8. The molecule has 0 aromatic carbocycles. The standard InChI is InChI=1S/C7H8N4O4/c8-6(12)4-10-9-3-5-1-2-7(15-5)11(13)14/h1-3,10H,4H2,(H2,8,12). The quantitative estimate of drug-likeness (QED) is 0.390. The SMILES string of the molecule is NC(=O)CNN=Cc1ccc([N+](=O)[O-])o1. The summed E-state index contributed by atoms with van der Waals surface area (Å²) < 4.78 is 4.75. The lowest BCUT2D eigenvalue weighted by atomic mass is 10.5. The Labute approximate surface area is 83.9 Å². The first kappa shape index (κ1) is 10.7. The molecule has 8 heteroatoms. The van der Waals surface area contributed by atoms with Gasteiger partial charge in [0.05, 0.1) is 12.3 Å². The minimum atomic E-state index is -0.659. The average Bonchev–Trinajstić information content (AvgIpc) is 2.60. The maximum Gasteiger partial charge on any atom is 0.433 e. The number of nitrogens with one attached hydrogen (secondary N) is 1. The van der Waals surface area contributed by atoms with Crippen molar-refractivity contribution >= 4 is 18.0 Å². The summed E-state index contributed by atoms with van der Waals surface area (Å²) in [7, 11) is 0. The topological polar surface area (TPSA) is 124 Å². The number of carbonyl (C=O) groups excluding carboxylic acids is 1. The highest BCUT2D eigenvalue weighted by molar-refractivity contribution is 5.77. The van der Waals surface area contributed by atoms with Crippen LogP contribution in [0.2, 0.25) is 0 Å². The lowest BCUT2D eigenvalue weighted by Gasteiger charge is -1.92. The molecule has 1 rings (SSSR count). The molecular formula is C7H8N4O4. The molecule has 0 saturated heterocycles. The van der Waals surface area contributed by atoms with Crippen LogP contribution in [0.3, 0.4) is 0 Å². The van der Waals surface area contributed by atoms with Gasteiger partial charge in [0.25, 0.3) is 0 Å². The van der Waals surface area contributed by atoms with Gasteiger partial charge in [-0.15, -0.1) is 0 Å². The largest absolute Gasteiger partial charge is 0.433 e. The minimum Gasteiger partial charge on any atom is -0.400 e. The Balaban J connectivity index is 2.50. The number of hydrogen-bond donors (Lipinski definition) is 2. The number of nitro groups is 1. The number of nitrogens with zero attached hydrogens (tertiary/aromatic N) is 2. The molecule has 0 aliphatic rings. The number of carbonyl (C=O) groups is 1. The van der Waals surface area contributed by atoms with Crippen molar-refractivity contribution in [2.75, 3.05) is 6.54 Å². The van der Waals surface area contributed by atoms with Crippen molar-refractivity contribution in [2.24, 2.45) is 10.8 Å². The lowest BCUT2D eigenvalue weighted by molar-refractivity contribution is -0.402. The molecule has 0 bridgehead atoms. The molecule has 0 unspecified atom stereocenters. The molecule has 0 spiro atoms. The predicted molar refractivity (Wildman–Crippen MR) is 50.2 cm³/mol. The fraction of sp³-hybridized carbons (Fsp3) is 0.143. The maximum absolute atomic E-state index is 10.3. The van der Waals surface area contributed by atoms with Gasteiger partial charge in [-0.2, -0.15) is 5.10 Å². The Bertz CT molecular complexity index is 397. The highest BCUT2D eigenvalue weighted by atomic mass is 16.6. The van der Waals surface area contributed by atoms with Gasteiger partial charge in [-0.05, 0) is 6.07 Å². The van der Waals surface area contributed by atoms with Gasteiger partial charge in [0.15, 0.2) is 5.76 Å². The molecule has 80 valence electrons. The number of rotatable bonds is 5. The fourth-order valence-electron chi connectivity index (χ4n) is 0.743. The minimum absolute atomic E-state index is 0.112. The molecule has 0 fully saturated rings. The van der Waals surface area contributed by atoms with Gasteiger partial charge < -0.3 is 15.6 Å². The van der Waals surface area contributed by atoms with Gasteiger partial charge in [-0.1, -0.05) is 0 Å². The Morgan fingerprint density at radius 3 is 3.00 bits per heavy atom. The van der Waals surface area contributed by atoms with E-state index in [1.54, 1.807) is 0 Å².